The summed E-state index contributed by atoms with van der Waals surface area (Å²) in [6, 6.07) is 1.66. The minimum Gasteiger partial charge on any atom is -0.343 e. The number of amides is 1. The molecule has 0 bridgehead atoms. The van der Waals surface area contributed by atoms with Crippen LogP contribution in [0.5, 0.6) is 0 Å². The molecule has 1 aliphatic heterocycles. The highest BCUT2D eigenvalue weighted by molar-refractivity contribution is 5.77. The number of nitrogens with zero attached hydrogens (tertiary/aromatic N) is 4. The summed E-state index contributed by atoms with van der Waals surface area (Å²) in [6.07, 6.45) is 7.13. The molecule has 0 N–H and O–H groups in total. The number of rotatable bonds is 3. The van der Waals surface area contributed by atoms with Gasteiger partial charge in [0.15, 0.2) is 0 Å². The Balaban J connectivity index is 1.76. The highest BCUT2D eigenvalue weighted by Gasteiger charge is 2.17. The molecule has 0 saturated carbocycles. The monoisotopic (exact) mass is 272 g/mol. The molecule has 0 aliphatic carbocycles. The van der Waals surface area contributed by atoms with E-state index >= 15 is 0 Å². The number of aryl methyl sites for hydroxylation is 1. The van der Waals surface area contributed by atoms with Gasteiger partial charge >= 0.3 is 0 Å². The van der Waals surface area contributed by atoms with Crippen LogP contribution in [0.2, 0.25) is 0 Å². The summed E-state index contributed by atoms with van der Waals surface area (Å²) in [4.78, 5) is 34.2. The number of pyridine rings is 1. The van der Waals surface area contributed by atoms with Crippen molar-refractivity contribution < 1.29 is 4.79 Å². The fourth-order valence-corrected chi connectivity index (χ4v) is 2.51. The molecule has 2 aromatic heterocycles. The van der Waals surface area contributed by atoms with Gasteiger partial charge in [0, 0.05) is 32.3 Å². The SMILES string of the molecule is O=C(CCn1cnc2cnccc2c1=O)N1CCCC1. The minimum absolute atomic E-state index is 0.115. The number of carbonyl (C=O) groups excluding carboxylic acids is 1. The topological polar surface area (TPSA) is 68.1 Å². The molecule has 0 unspecified atom stereocenters. The highest BCUT2D eigenvalue weighted by Crippen LogP contribution is 2.09. The molecule has 1 aliphatic rings. The molecule has 1 fully saturated rings. The molecule has 6 nitrogen and oxygen atoms in total. The van der Waals surface area contributed by atoms with Crippen molar-refractivity contribution in [2.24, 2.45) is 0 Å². The van der Waals surface area contributed by atoms with Crippen LogP contribution in [-0.4, -0.2) is 38.4 Å². The number of carbonyl (C=O) groups is 1. The van der Waals surface area contributed by atoms with Crippen LogP contribution in [0, 0.1) is 0 Å². The van der Waals surface area contributed by atoms with Gasteiger partial charge in [-0.3, -0.25) is 19.1 Å². The van der Waals surface area contributed by atoms with E-state index in [0.717, 1.165) is 25.9 Å². The second-order valence-electron chi connectivity index (χ2n) is 4.97. The van der Waals surface area contributed by atoms with E-state index in [0.29, 0.717) is 23.9 Å². The molecule has 0 radical (unpaired) electrons. The Kier molecular flexibility index (Phi) is 3.45. The summed E-state index contributed by atoms with van der Waals surface area (Å²) >= 11 is 0. The van der Waals surface area contributed by atoms with Gasteiger partial charge in [0.05, 0.1) is 23.4 Å². The smallest absolute Gasteiger partial charge is 0.261 e. The van der Waals surface area contributed by atoms with Gasteiger partial charge in [-0.25, -0.2) is 4.98 Å². The van der Waals surface area contributed by atoms with Crippen molar-refractivity contribution in [3.63, 3.8) is 0 Å². The van der Waals surface area contributed by atoms with Gasteiger partial charge in [-0.2, -0.15) is 0 Å². The number of hydrogen-bond acceptors (Lipinski definition) is 4. The number of fused-ring (bicyclic) bond motifs is 1. The molecule has 0 aromatic carbocycles. The lowest BCUT2D eigenvalue weighted by Gasteiger charge is -2.15. The van der Waals surface area contributed by atoms with E-state index < -0.39 is 0 Å². The Hall–Kier alpha value is -2.24. The quantitative estimate of drug-likeness (QED) is 0.829. The van der Waals surface area contributed by atoms with Crippen molar-refractivity contribution in [2.75, 3.05) is 13.1 Å². The fraction of sp³-hybridized carbons (Fsp3) is 0.429. The van der Waals surface area contributed by atoms with Crippen LogP contribution in [0.4, 0.5) is 0 Å². The molecule has 0 spiro atoms. The molecule has 2 aromatic rings. The van der Waals surface area contributed by atoms with Gasteiger partial charge in [-0.15, -0.1) is 0 Å². The van der Waals surface area contributed by atoms with Crippen LogP contribution in [0.1, 0.15) is 19.3 Å². The zero-order valence-electron chi connectivity index (χ0n) is 11.2. The van der Waals surface area contributed by atoms with Crippen LogP contribution in [-0.2, 0) is 11.3 Å². The second kappa shape index (κ2) is 5.40. The summed E-state index contributed by atoms with van der Waals surface area (Å²) in [7, 11) is 0. The van der Waals surface area contributed by atoms with Crippen molar-refractivity contribution in [1.29, 1.82) is 0 Å². The third-order valence-electron chi connectivity index (χ3n) is 3.65. The molecule has 3 heterocycles. The molecule has 104 valence electrons. The molecular formula is C14H16N4O2. The van der Waals surface area contributed by atoms with E-state index in [2.05, 4.69) is 9.97 Å². The van der Waals surface area contributed by atoms with Crippen molar-refractivity contribution in [3.05, 3.63) is 35.1 Å². The van der Waals surface area contributed by atoms with Gasteiger partial charge in [0.2, 0.25) is 5.91 Å². The molecular weight excluding hydrogens is 256 g/mol. The Labute approximate surface area is 116 Å². The van der Waals surface area contributed by atoms with Gasteiger partial charge in [0.1, 0.15) is 0 Å². The van der Waals surface area contributed by atoms with Crippen molar-refractivity contribution in [1.82, 2.24) is 19.4 Å². The van der Waals surface area contributed by atoms with E-state index in [1.165, 1.54) is 10.9 Å². The first-order chi connectivity index (χ1) is 9.75. The van der Waals surface area contributed by atoms with Crippen molar-refractivity contribution in [3.8, 4) is 0 Å². The third-order valence-corrected chi connectivity index (χ3v) is 3.65. The summed E-state index contributed by atoms with van der Waals surface area (Å²) < 4.78 is 1.50. The number of hydrogen-bond donors (Lipinski definition) is 0. The molecule has 0 atom stereocenters. The van der Waals surface area contributed by atoms with Crippen LogP contribution in [0.15, 0.2) is 29.6 Å². The average molecular weight is 272 g/mol. The Morgan fingerprint density at radius 3 is 2.90 bits per heavy atom. The molecule has 1 amide bonds. The third kappa shape index (κ3) is 2.41. The largest absolute Gasteiger partial charge is 0.343 e. The Morgan fingerprint density at radius 2 is 2.10 bits per heavy atom. The highest BCUT2D eigenvalue weighted by atomic mass is 16.2. The zero-order chi connectivity index (χ0) is 13.9. The lowest BCUT2D eigenvalue weighted by molar-refractivity contribution is -0.130. The summed E-state index contributed by atoms with van der Waals surface area (Å²) in [5, 5.41) is 0.538. The molecule has 20 heavy (non-hydrogen) atoms. The Bertz CT molecular complexity index is 689. The van der Waals surface area contributed by atoms with Gasteiger partial charge < -0.3 is 4.90 Å². The minimum atomic E-state index is -0.119. The first-order valence-corrected chi connectivity index (χ1v) is 6.82. The normalized spacial score (nSPS) is 14.9. The molecule has 1 saturated heterocycles. The lowest BCUT2D eigenvalue weighted by Crippen LogP contribution is -2.30. The summed E-state index contributed by atoms with van der Waals surface area (Å²) in [6.45, 7) is 2.06. The van der Waals surface area contributed by atoms with Gasteiger partial charge in [-0.05, 0) is 18.9 Å². The summed E-state index contributed by atoms with van der Waals surface area (Å²) in [5.41, 5.74) is 0.464. The van der Waals surface area contributed by atoms with E-state index in [9.17, 15) is 9.59 Å². The zero-order valence-corrected chi connectivity index (χ0v) is 11.2. The number of likely N-dealkylation sites (tertiary alicyclic amines) is 1. The van der Waals surface area contributed by atoms with E-state index in [-0.39, 0.29) is 11.5 Å². The first kappa shape index (κ1) is 12.8. The van der Waals surface area contributed by atoms with Crippen LogP contribution < -0.4 is 5.56 Å². The molecule has 3 rings (SSSR count). The molecule has 6 heteroatoms. The van der Waals surface area contributed by atoms with Gasteiger partial charge in [0.25, 0.3) is 5.56 Å². The maximum atomic E-state index is 12.2. The second-order valence-corrected chi connectivity index (χ2v) is 4.97. The maximum Gasteiger partial charge on any atom is 0.261 e. The lowest BCUT2D eigenvalue weighted by atomic mass is 10.3. The van der Waals surface area contributed by atoms with E-state index in [1.807, 2.05) is 4.90 Å². The van der Waals surface area contributed by atoms with Crippen LogP contribution in [0.25, 0.3) is 10.9 Å². The fourth-order valence-electron chi connectivity index (χ4n) is 2.51. The maximum absolute atomic E-state index is 12.2. The summed E-state index contributed by atoms with van der Waals surface area (Å²) in [5.74, 6) is 0.115. The van der Waals surface area contributed by atoms with Crippen molar-refractivity contribution in [2.45, 2.75) is 25.8 Å². The predicted molar refractivity (Wildman–Crippen MR) is 74.2 cm³/mol. The van der Waals surface area contributed by atoms with Crippen molar-refractivity contribution >= 4 is 16.8 Å². The average Bonchev–Trinajstić information content (AvgIpc) is 3.01. The number of aromatic nitrogens is 3. The standard InChI is InChI=1S/C14H16N4O2/c19-13(17-6-1-2-7-17)4-8-18-10-16-12-9-15-5-3-11(12)14(18)20/h3,5,9-10H,1-2,4,6-8H2. The predicted octanol–water partition coefficient (Wildman–Crippen LogP) is 0.804. The van der Waals surface area contributed by atoms with Gasteiger partial charge in [-0.1, -0.05) is 0 Å². The van der Waals surface area contributed by atoms with E-state index in [4.69, 9.17) is 0 Å². The van der Waals surface area contributed by atoms with E-state index in [1.54, 1.807) is 18.5 Å². The van der Waals surface area contributed by atoms with Crippen LogP contribution in [0.3, 0.4) is 0 Å². The van der Waals surface area contributed by atoms with Crippen LogP contribution >= 0.6 is 0 Å². The Morgan fingerprint density at radius 1 is 1.30 bits per heavy atom. The first-order valence-electron chi connectivity index (χ1n) is 6.82.